The van der Waals surface area contributed by atoms with Gasteiger partial charge in [-0.3, -0.25) is 4.90 Å². The van der Waals surface area contributed by atoms with Gasteiger partial charge in [-0.2, -0.15) is 4.31 Å². The van der Waals surface area contributed by atoms with Gasteiger partial charge in [-0.15, -0.1) is 0 Å². The highest BCUT2D eigenvalue weighted by molar-refractivity contribution is 7.89. The van der Waals surface area contributed by atoms with E-state index < -0.39 is 21.7 Å². The van der Waals surface area contributed by atoms with Gasteiger partial charge in [-0.1, -0.05) is 12.1 Å². The lowest BCUT2D eigenvalue weighted by Gasteiger charge is -2.32. The van der Waals surface area contributed by atoms with E-state index in [4.69, 9.17) is 0 Å². The summed E-state index contributed by atoms with van der Waals surface area (Å²) in [5.74, 6) is -1.40. The minimum atomic E-state index is -4.01. The molecule has 0 bridgehead atoms. The van der Waals surface area contributed by atoms with Crippen LogP contribution in [0, 0.1) is 11.6 Å². The zero-order valence-electron chi connectivity index (χ0n) is 20.7. The summed E-state index contributed by atoms with van der Waals surface area (Å²) < 4.78 is 56.8. The van der Waals surface area contributed by atoms with E-state index in [-0.39, 0.29) is 22.1 Å². The van der Waals surface area contributed by atoms with E-state index in [9.17, 15) is 17.2 Å². The smallest absolute Gasteiger partial charge is 0.243 e. The highest BCUT2D eigenvalue weighted by Gasteiger charge is 2.31. The molecule has 0 atom stereocenters. The van der Waals surface area contributed by atoms with Crippen molar-refractivity contribution in [1.82, 2.24) is 24.1 Å². The van der Waals surface area contributed by atoms with E-state index in [0.717, 1.165) is 63.9 Å². The number of nitrogens with zero attached hydrogens (tertiary/aromatic N) is 5. The quantitative estimate of drug-likeness (QED) is 0.501. The predicted molar refractivity (Wildman–Crippen MR) is 138 cm³/mol. The van der Waals surface area contributed by atoms with Gasteiger partial charge in [0.15, 0.2) is 5.82 Å². The van der Waals surface area contributed by atoms with Crippen LogP contribution < -0.4 is 5.32 Å². The number of hydrogen-bond donors (Lipinski definition) is 1. The van der Waals surface area contributed by atoms with E-state index >= 15 is 0 Å². The second-order valence-electron chi connectivity index (χ2n) is 9.54. The van der Waals surface area contributed by atoms with Crippen LogP contribution in [0.5, 0.6) is 0 Å². The van der Waals surface area contributed by atoms with Gasteiger partial charge in [0, 0.05) is 57.1 Å². The molecular formula is C26H30F2N6O2S. The van der Waals surface area contributed by atoms with Gasteiger partial charge in [-0.25, -0.2) is 27.2 Å². The Bertz CT molecular complexity index is 1360. The summed E-state index contributed by atoms with van der Waals surface area (Å²) in [6.07, 6.45) is 2.45. The maximum Gasteiger partial charge on any atom is 0.243 e. The van der Waals surface area contributed by atoms with Crippen LogP contribution in [-0.2, 0) is 16.6 Å². The number of piperazine rings is 1. The summed E-state index contributed by atoms with van der Waals surface area (Å²) in [5, 5.41) is 3.06. The maximum atomic E-state index is 14.9. The van der Waals surface area contributed by atoms with Gasteiger partial charge >= 0.3 is 0 Å². The minimum absolute atomic E-state index is 0.00113. The number of nitrogens with one attached hydrogen (secondary N) is 1. The van der Waals surface area contributed by atoms with Crippen molar-refractivity contribution in [3.63, 3.8) is 0 Å². The predicted octanol–water partition coefficient (Wildman–Crippen LogP) is 3.70. The molecule has 0 unspecified atom stereocenters. The van der Waals surface area contributed by atoms with Crippen LogP contribution in [0.1, 0.15) is 18.4 Å². The van der Waals surface area contributed by atoms with E-state index in [1.807, 2.05) is 24.3 Å². The third kappa shape index (κ3) is 5.80. The fourth-order valence-electron chi connectivity index (χ4n) is 4.68. The average Bonchev–Trinajstić information content (AvgIpc) is 3.44. The first-order chi connectivity index (χ1) is 17.8. The van der Waals surface area contributed by atoms with Crippen LogP contribution in [0.15, 0.2) is 53.6 Å². The number of hydrogen-bond acceptors (Lipinski definition) is 7. The van der Waals surface area contributed by atoms with E-state index in [1.165, 1.54) is 15.9 Å². The van der Waals surface area contributed by atoms with Gasteiger partial charge in [0.1, 0.15) is 11.5 Å². The molecule has 2 aromatic carbocycles. The largest absolute Gasteiger partial charge is 0.324 e. The van der Waals surface area contributed by atoms with Crippen LogP contribution in [0.4, 0.5) is 20.4 Å². The Kier molecular flexibility index (Phi) is 7.47. The van der Waals surface area contributed by atoms with Gasteiger partial charge < -0.3 is 10.2 Å². The molecule has 37 heavy (non-hydrogen) atoms. The number of sulfonamides is 1. The number of halogens is 2. The third-order valence-electron chi connectivity index (χ3n) is 6.84. The molecular weight excluding hydrogens is 498 g/mol. The van der Waals surface area contributed by atoms with Crippen molar-refractivity contribution in [1.29, 1.82) is 0 Å². The molecule has 1 aromatic heterocycles. The third-order valence-corrected chi connectivity index (χ3v) is 8.78. The number of likely N-dealkylation sites (N-methyl/N-ethyl adjacent to an activating group) is 1. The summed E-state index contributed by atoms with van der Waals surface area (Å²) in [5.41, 5.74) is 1.68. The molecule has 2 saturated heterocycles. The first kappa shape index (κ1) is 25.7. The Morgan fingerprint density at radius 3 is 2.35 bits per heavy atom. The minimum Gasteiger partial charge on any atom is -0.324 e. The molecule has 11 heteroatoms. The number of aromatic nitrogens is 2. The fourth-order valence-corrected chi connectivity index (χ4v) is 6.40. The molecule has 8 nitrogen and oxygen atoms in total. The van der Waals surface area contributed by atoms with Gasteiger partial charge in [0.05, 0.1) is 11.1 Å². The molecule has 0 radical (unpaired) electrons. The van der Waals surface area contributed by atoms with Crippen molar-refractivity contribution in [3.8, 4) is 11.3 Å². The Labute approximate surface area is 216 Å². The maximum absolute atomic E-state index is 14.9. The van der Waals surface area contributed by atoms with Crippen molar-refractivity contribution >= 4 is 21.7 Å². The van der Waals surface area contributed by atoms with E-state index in [0.29, 0.717) is 18.8 Å². The van der Waals surface area contributed by atoms with Crippen LogP contribution >= 0.6 is 0 Å². The van der Waals surface area contributed by atoms with E-state index in [1.54, 1.807) is 0 Å². The first-order valence-electron chi connectivity index (χ1n) is 12.4. The molecule has 2 aliphatic heterocycles. The molecule has 0 saturated carbocycles. The molecule has 0 spiro atoms. The first-order valence-corrected chi connectivity index (χ1v) is 13.8. The van der Waals surface area contributed by atoms with Crippen molar-refractivity contribution in [2.24, 2.45) is 0 Å². The fraction of sp³-hybridized carbons (Fsp3) is 0.385. The Balaban J connectivity index is 1.37. The van der Waals surface area contributed by atoms with Gasteiger partial charge in [0.25, 0.3) is 0 Å². The van der Waals surface area contributed by atoms with Crippen LogP contribution in [0.25, 0.3) is 11.3 Å². The number of rotatable bonds is 7. The van der Waals surface area contributed by atoms with Crippen LogP contribution in [0.3, 0.4) is 0 Å². The Morgan fingerprint density at radius 2 is 1.65 bits per heavy atom. The molecule has 3 heterocycles. The molecule has 196 valence electrons. The highest BCUT2D eigenvalue weighted by Crippen LogP contribution is 2.32. The number of anilines is 2. The zero-order valence-corrected chi connectivity index (χ0v) is 21.5. The van der Waals surface area contributed by atoms with Crippen LogP contribution in [0.2, 0.25) is 0 Å². The molecule has 2 fully saturated rings. The lowest BCUT2D eigenvalue weighted by Crippen LogP contribution is -2.43. The lowest BCUT2D eigenvalue weighted by molar-refractivity contribution is 0.148. The Hall–Kier alpha value is -2.99. The second-order valence-corrected chi connectivity index (χ2v) is 11.4. The van der Waals surface area contributed by atoms with Crippen molar-refractivity contribution in [3.05, 3.63) is 65.9 Å². The van der Waals surface area contributed by atoms with Gasteiger partial charge in [-0.05, 0) is 55.8 Å². The summed E-state index contributed by atoms with van der Waals surface area (Å²) in [7, 11) is -1.88. The lowest BCUT2D eigenvalue weighted by atomic mass is 10.1. The number of benzene rings is 2. The van der Waals surface area contributed by atoms with Gasteiger partial charge in [0.2, 0.25) is 16.0 Å². The summed E-state index contributed by atoms with van der Waals surface area (Å²) in [6, 6.07) is 11.1. The topological polar surface area (TPSA) is 81.7 Å². The normalized spacial score (nSPS) is 17.8. The Morgan fingerprint density at radius 1 is 0.946 bits per heavy atom. The molecule has 1 N–H and O–H groups in total. The van der Waals surface area contributed by atoms with Crippen LogP contribution in [-0.4, -0.2) is 78.8 Å². The molecule has 0 amide bonds. The monoisotopic (exact) mass is 528 g/mol. The van der Waals surface area contributed by atoms with Crippen molar-refractivity contribution in [2.75, 3.05) is 51.6 Å². The summed E-state index contributed by atoms with van der Waals surface area (Å²) in [4.78, 5) is 12.7. The average molecular weight is 529 g/mol. The zero-order chi connectivity index (χ0) is 26.0. The molecule has 5 rings (SSSR count). The molecule has 2 aliphatic rings. The van der Waals surface area contributed by atoms with Crippen molar-refractivity contribution < 1.29 is 17.2 Å². The molecule has 3 aromatic rings. The SMILES string of the molecule is CN1CCN(Cc2ccc(Nc3ncc(F)c(-c4ccc(F)cc4S(=O)(=O)N4CCCC4)n3)cc2)CC1. The summed E-state index contributed by atoms with van der Waals surface area (Å²) in [6.45, 7) is 5.73. The molecule has 0 aliphatic carbocycles. The second kappa shape index (κ2) is 10.8. The van der Waals surface area contributed by atoms with E-state index in [2.05, 4.69) is 32.1 Å². The highest BCUT2D eigenvalue weighted by atomic mass is 32.2. The standard InChI is InChI=1S/C26H30F2N6O2S/c1-32-12-14-33(15-13-32)18-19-4-7-21(8-5-19)30-26-29-17-23(28)25(31-26)22-9-6-20(27)16-24(22)37(35,36)34-10-2-3-11-34/h4-9,16-17H,2-3,10-15,18H2,1H3,(H,29,30,31). The van der Waals surface area contributed by atoms with Crippen molar-refractivity contribution in [2.45, 2.75) is 24.3 Å². The summed E-state index contributed by atoms with van der Waals surface area (Å²) >= 11 is 0.